The van der Waals surface area contributed by atoms with E-state index in [1.807, 2.05) is 27.7 Å². The Bertz CT molecular complexity index is 1520. The summed E-state index contributed by atoms with van der Waals surface area (Å²) in [6.07, 6.45) is -11.6. The number of pyridine rings is 1. The molecule has 0 aliphatic carbocycles. The lowest BCUT2D eigenvalue weighted by molar-refractivity contribution is -0.196. The number of rotatable bonds is 9. The molecule has 1 aromatic carbocycles. The first-order chi connectivity index (χ1) is 23.1. The standard InChI is InChI=1S/C26H29F8N7O.2C2H6.CH2O2/c1-4-15(25(29,30)31)42-23-16-21(39-24(41-9-5-6-10-41)40-22(16)37-8-7-36-3)19(28)20(38-23)13-11-14(35)18(27)12(2)17(13)26(32,33)34;2*1-2;2-1-3/h11,15,36H,4-10,35H2,1-3H3,(H,37,39,40);2*1-2H3;1H,(H,2,3). The Hall–Kier alpha value is -4.22. The second-order valence-corrected chi connectivity index (χ2v) is 9.89. The van der Waals surface area contributed by atoms with E-state index in [2.05, 4.69) is 25.6 Å². The number of benzene rings is 1. The van der Waals surface area contributed by atoms with Crippen molar-refractivity contribution in [2.24, 2.45) is 0 Å². The molecule has 1 saturated heterocycles. The Labute approximate surface area is 279 Å². The predicted molar refractivity (Wildman–Crippen MR) is 173 cm³/mol. The van der Waals surface area contributed by atoms with Crippen LogP contribution >= 0.6 is 0 Å². The molecule has 0 radical (unpaired) electrons. The molecule has 1 atom stereocenters. The lowest BCUT2D eigenvalue weighted by Crippen LogP contribution is -2.34. The third kappa shape index (κ3) is 10.4. The summed E-state index contributed by atoms with van der Waals surface area (Å²) in [5.41, 5.74) is -0.302. The molecule has 5 N–H and O–H groups in total. The minimum atomic E-state index is -5.21. The van der Waals surface area contributed by atoms with E-state index in [0.29, 0.717) is 25.7 Å². The highest BCUT2D eigenvalue weighted by Gasteiger charge is 2.42. The summed E-state index contributed by atoms with van der Waals surface area (Å²) in [5.74, 6) is -3.72. The van der Waals surface area contributed by atoms with Crippen LogP contribution in [0, 0.1) is 18.6 Å². The molecule has 1 aliphatic heterocycles. The molecule has 276 valence electrons. The zero-order chi connectivity index (χ0) is 37.7. The number of halogens is 8. The molecular weight excluding hydrogens is 670 g/mol. The van der Waals surface area contributed by atoms with Gasteiger partial charge in [-0.3, -0.25) is 4.79 Å². The molecule has 3 heterocycles. The van der Waals surface area contributed by atoms with Gasteiger partial charge in [0.15, 0.2) is 11.9 Å². The van der Waals surface area contributed by atoms with Crippen LogP contribution in [0.2, 0.25) is 0 Å². The van der Waals surface area contributed by atoms with Crippen LogP contribution in [0.25, 0.3) is 22.2 Å². The normalized spacial score (nSPS) is 13.3. The van der Waals surface area contributed by atoms with E-state index in [1.165, 1.54) is 6.92 Å². The Morgan fingerprint density at radius 1 is 1.02 bits per heavy atom. The summed E-state index contributed by atoms with van der Waals surface area (Å²) >= 11 is 0. The van der Waals surface area contributed by atoms with Crippen molar-refractivity contribution >= 4 is 34.8 Å². The van der Waals surface area contributed by atoms with E-state index in [1.54, 1.807) is 11.9 Å². The lowest BCUT2D eigenvalue weighted by atomic mass is 9.96. The van der Waals surface area contributed by atoms with Crippen molar-refractivity contribution in [1.29, 1.82) is 0 Å². The van der Waals surface area contributed by atoms with Gasteiger partial charge in [0.1, 0.15) is 28.2 Å². The maximum absolute atomic E-state index is 16.4. The number of hydrogen-bond donors (Lipinski definition) is 4. The van der Waals surface area contributed by atoms with Crippen LogP contribution in [0.1, 0.15) is 65.0 Å². The fraction of sp³-hybridized carbons (Fsp3) is 0.548. The average Bonchev–Trinajstić information content (AvgIpc) is 3.60. The molecule has 0 bridgehead atoms. The maximum atomic E-state index is 16.4. The van der Waals surface area contributed by atoms with E-state index >= 15 is 4.39 Å². The summed E-state index contributed by atoms with van der Waals surface area (Å²) in [5, 5.41) is 12.3. The lowest BCUT2D eigenvalue weighted by Gasteiger charge is -2.24. The predicted octanol–water partition coefficient (Wildman–Crippen LogP) is 7.58. The number of alkyl halides is 6. The molecule has 0 spiro atoms. The van der Waals surface area contributed by atoms with Crippen LogP contribution < -0.4 is 26.0 Å². The minimum Gasteiger partial charge on any atom is -0.483 e. The van der Waals surface area contributed by atoms with E-state index in [0.717, 1.165) is 19.8 Å². The van der Waals surface area contributed by atoms with E-state index in [9.17, 15) is 30.7 Å². The van der Waals surface area contributed by atoms with Gasteiger partial charge in [-0.05, 0) is 44.9 Å². The maximum Gasteiger partial charge on any atom is 0.425 e. The number of ether oxygens (including phenoxy) is 1. The van der Waals surface area contributed by atoms with E-state index in [-0.39, 0.29) is 24.8 Å². The van der Waals surface area contributed by atoms with Gasteiger partial charge in [0.05, 0.1) is 11.3 Å². The first-order valence-corrected chi connectivity index (χ1v) is 15.6. The third-order valence-corrected chi connectivity index (χ3v) is 6.85. The number of fused-ring (bicyclic) bond motifs is 1. The van der Waals surface area contributed by atoms with Crippen molar-refractivity contribution in [3.63, 3.8) is 0 Å². The SMILES string of the molecule is CC.CC.CCC(Oc1nc(-c2cc(N)c(F)c(C)c2C(F)(F)F)c(F)c2nc(N3CCCC3)nc(NCCNC)c12)C(F)(F)F.O=CO. The minimum absolute atomic E-state index is 0.0164. The van der Waals surface area contributed by atoms with Crippen LogP contribution in [0.3, 0.4) is 0 Å². The van der Waals surface area contributed by atoms with Gasteiger partial charge in [-0.15, -0.1) is 0 Å². The number of nitrogens with zero attached hydrogens (tertiary/aromatic N) is 4. The van der Waals surface area contributed by atoms with Crippen molar-refractivity contribution in [3.8, 4) is 17.1 Å². The second-order valence-electron chi connectivity index (χ2n) is 9.89. The van der Waals surface area contributed by atoms with Crippen molar-refractivity contribution < 1.29 is 49.8 Å². The summed E-state index contributed by atoms with van der Waals surface area (Å²) in [6.45, 7) is 11.3. The van der Waals surface area contributed by atoms with Crippen molar-refractivity contribution in [2.45, 2.75) is 79.3 Å². The summed E-state index contributed by atoms with van der Waals surface area (Å²) in [4.78, 5) is 22.6. The quantitative estimate of drug-likeness (QED) is 0.0760. The zero-order valence-corrected chi connectivity index (χ0v) is 28.3. The molecule has 4 rings (SSSR count). The molecule has 2 aromatic heterocycles. The number of anilines is 3. The second kappa shape index (κ2) is 19.1. The van der Waals surface area contributed by atoms with Gasteiger partial charge in [0.2, 0.25) is 11.8 Å². The Morgan fingerprint density at radius 3 is 2.08 bits per heavy atom. The molecule has 49 heavy (non-hydrogen) atoms. The Morgan fingerprint density at radius 2 is 1.59 bits per heavy atom. The first kappa shape index (κ1) is 42.8. The van der Waals surface area contributed by atoms with Crippen molar-refractivity contribution in [3.05, 3.63) is 28.8 Å². The van der Waals surface area contributed by atoms with Gasteiger partial charge in [-0.1, -0.05) is 34.6 Å². The Balaban J connectivity index is 0.00000160. The summed E-state index contributed by atoms with van der Waals surface area (Å²) in [6, 6.07) is 0.544. The van der Waals surface area contributed by atoms with E-state index < -0.39 is 81.4 Å². The smallest absolute Gasteiger partial charge is 0.425 e. The van der Waals surface area contributed by atoms with Gasteiger partial charge in [-0.25, -0.2) is 18.7 Å². The molecule has 18 heteroatoms. The molecule has 0 amide bonds. The highest BCUT2D eigenvalue weighted by Crippen LogP contribution is 2.45. The average molecular weight is 714 g/mol. The molecule has 1 aliphatic rings. The fourth-order valence-corrected chi connectivity index (χ4v) is 4.77. The number of nitrogen functional groups attached to an aromatic ring is 1. The largest absolute Gasteiger partial charge is 0.483 e. The number of likely N-dealkylation sites (N-methyl/N-ethyl adjacent to an activating group) is 1. The van der Waals surface area contributed by atoms with Crippen LogP contribution in [-0.2, 0) is 11.0 Å². The van der Waals surface area contributed by atoms with Crippen molar-refractivity contribution in [2.75, 3.05) is 49.2 Å². The number of carboxylic acid groups (broad SMARTS) is 1. The summed E-state index contributed by atoms with van der Waals surface area (Å²) in [7, 11) is 1.65. The van der Waals surface area contributed by atoms with Gasteiger partial charge in [-0.2, -0.15) is 31.3 Å². The number of nitrogens with two attached hydrogens (primary N) is 1. The summed E-state index contributed by atoms with van der Waals surface area (Å²) < 4.78 is 120. The van der Waals surface area contributed by atoms with Crippen LogP contribution in [0.15, 0.2) is 6.07 Å². The number of aromatic nitrogens is 3. The van der Waals surface area contributed by atoms with Gasteiger partial charge in [0.25, 0.3) is 6.47 Å². The fourth-order valence-electron chi connectivity index (χ4n) is 4.77. The topological polar surface area (TPSA) is 139 Å². The highest BCUT2D eigenvalue weighted by molar-refractivity contribution is 5.97. The first-order valence-electron chi connectivity index (χ1n) is 15.6. The molecule has 1 fully saturated rings. The number of hydrogen-bond acceptors (Lipinski definition) is 9. The van der Waals surface area contributed by atoms with Crippen LogP contribution in [0.4, 0.5) is 52.6 Å². The third-order valence-electron chi connectivity index (χ3n) is 6.85. The molecular formula is C31H43F8N7O3. The monoisotopic (exact) mass is 713 g/mol. The molecule has 3 aromatic rings. The van der Waals surface area contributed by atoms with Gasteiger partial charge >= 0.3 is 12.4 Å². The van der Waals surface area contributed by atoms with Crippen molar-refractivity contribution in [1.82, 2.24) is 20.3 Å². The molecule has 10 nitrogen and oxygen atoms in total. The molecule has 0 saturated carbocycles. The number of nitrogens with one attached hydrogen (secondary N) is 2. The molecule has 1 unspecified atom stereocenters. The number of carbonyl (C=O) groups is 1. The van der Waals surface area contributed by atoms with Crippen LogP contribution in [0.5, 0.6) is 5.88 Å². The van der Waals surface area contributed by atoms with Gasteiger partial charge < -0.3 is 31.1 Å². The van der Waals surface area contributed by atoms with Gasteiger partial charge in [0, 0.05) is 31.7 Å². The van der Waals surface area contributed by atoms with E-state index in [4.69, 9.17) is 20.4 Å². The van der Waals surface area contributed by atoms with Crippen LogP contribution in [-0.4, -0.2) is 72.0 Å². The zero-order valence-electron chi connectivity index (χ0n) is 28.3. The Kier molecular flexibility index (Phi) is 16.7. The highest BCUT2D eigenvalue weighted by atomic mass is 19.4.